The van der Waals surface area contributed by atoms with Crippen molar-refractivity contribution in [3.05, 3.63) is 79.0 Å². The molecular formula is C21H23N3O3S. The zero-order chi connectivity index (χ0) is 20.0. The molecule has 0 aliphatic heterocycles. The normalized spacial score (nSPS) is 11.4. The van der Waals surface area contributed by atoms with Gasteiger partial charge in [-0.05, 0) is 42.1 Å². The highest BCUT2D eigenvalue weighted by molar-refractivity contribution is 7.89. The number of amides is 1. The molecule has 0 atom stereocenters. The van der Waals surface area contributed by atoms with Gasteiger partial charge in [-0.2, -0.15) is 0 Å². The number of rotatable bonds is 9. The molecule has 1 amide bonds. The molecule has 0 unspecified atom stereocenters. The molecule has 0 aliphatic rings. The maximum absolute atomic E-state index is 12.4. The van der Waals surface area contributed by atoms with Crippen molar-refractivity contribution in [2.75, 3.05) is 13.1 Å². The summed E-state index contributed by atoms with van der Waals surface area (Å²) in [5.74, 6) is -0.293. The zero-order valence-corrected chi connectivity index (χ0v) is 16.3. The van der Waals surface area contributed by atoms with Crippen molar-refractivity contribution in [2.45, 2.75) is 17.9 Å². The highest BCUT2D eigenvalue weighted by Crippen LogP contribution is 2.15. The Morgan fingerprint density at radius 1 is 1.11 bits per heavy atom. The standard InChI is InChI=1S/C21H23N3O3S/c1-2-12-23-28(26,27)19-9-5-8-18(16-19)21(25)22-13-6-14-24-15-11-17-7-3-4-10-20(17)24/h2-5,7-11,15-16,23H,1,6,12-14H2,(H,22,25). The summed E-state index contributed by atoms with van der Waals surface area (Å²) in [6.07, 6.45) is 4.27. The maximum atomic E-state index is 12.4. The first-order valence-corrected chi connectivity index (χ1v) is 10.5. The van der Waals surface area contributed by atoms with Crippen molar-refractivity contribution in [1.29, 1.82) is 0 Å². The number of nitrogens with one attached hydrogen (secondary N) is 2. The number of sulfonamides is 1. The quantitative estimate of drug-likeness (QED) is 0.430. The number of hydrogen-bond donors (Lipinski definition) is 2. The van der Waals surface area contributed by atoms with Crippen LogP contribution in [0.15, 0.2) is 78.3 Å². The second kappa shape index (κ2) is 8.86. The predicted molar refractivity (Wildman–Crippen MR) is 111 cm³/mol. The van der Waals surface area contributed by atoms with E-state index < -0.39 is 10.0 Å². The largest absolute Gasteiger partial charge is 0.352 e. The minimum absolute atomic E-state index is 0.0563. The lowest BCUT2D eigenvalue weighted by molar-refractivity contribution is 0.0952. The third-order valence-electron chi connectivity index (χ3n) is 4.37. The van der Waals surface area contributed by atoms with Crippen LogP contribution in [0.3, 0.4) is 0 Å². The first-order chi connectivity index (χ1) is 13.5. The monoisotopic (exact) mass is 397 g/mol. The van der Waals surface area contributed by atoms with Gasteiger partial charge in [0.2, 0.25) is 10.0 Å². The Morgan fingerprint density at radius 2 is 1.93 bits per heavy atom. The van der Waals surface area contributed by atoms with E-state index in [0.29, 0.717) is 12.1 Å². The molecule has 0 aliphatic carbocycles. The van der Waals surface area contributed by atoms with Gasteiger partial charge in [-0.15, -0.1) is 6.58 Å². The second-order valence-electron chi connectivity index (χ2n) is 6.35. The SMILES string of the molecule is C=CCNS(=O)(=O)c1cccc(C(=O)NCCCn2ccc3ccccc32)c1. The Bertz CT molecular complexity index is 1090. The first-order valence-electron chi connectivity index (χ1n) is 9.04. The van der Waals surface area contributed by atoms with Gasteiger partial charge in [-0.1, -0.05) is 30.3 Å². The van der Waals surface area contributed by atoms with Gasteiger partial charge < -0.3 is 9.88 Å². The molecule has 3 aromatic rings. The molecule has 1 aromatic heterocycles. The first kappa shape index (κ1) is 19.9. The molecule has 3 rings (SSSR count). The van der Waals surface area contributed by atoms with Crippen LogP contribution < -0.4 is 10.0 Å². The smallest absolute Gasteiger partial charge is 0.251 e. The minimum atomic E-state index is -3.66. The van der Waals surface area contributed by atoms with Crippen LogP contribution in [0.4, 0.5) is 0 Å². The lowest BCUT2D eigenvalue weighted by atomic mass is 10.2. The summed E-state index contributed by atoms with van der Waals surface area (Å²) in [7, 11) is -3.66. The van der Waals surface area contributed by atoms with Crippen LogP contribution in [-0.2, 0) is 16.6 Å². The van der Waals surface area contributed by atoms with Crippen LogP contribution in [0.2, 0.25) is 0 Å². The lowest BCUT2D eigenvalue weighted by Gasteiger charge is -2.09. The highest BCUT2D eigenvalue weighted by atomic mass is 32.2. The number of fused-ring (bicyclic) bond motifs is 1. The summed E-state index contributed by atoms with van der Waals surface area (Å²) in [6, 6.07) is 16.2. The average Bonchev–Trinajstić information content (AvgIpc) is 3.13. The number of para-hydroxylation sites is 1. The van der Waals surface area contributed by atoms with E-state index in [4.69, 9.17) is 0 Å². The van der Waals surface area contributed by atoms with Gasteiger partial charge in [0.15, 0.2) is 0 Å². The molecule has 0 spiro atoms. The van der Waals surface area contributed by atoms with E-state index in [-0.39, 0.29) is 17.3 Å². The molecule has 0 saturated carbocycles. The summed E-state index contributed by atoms with van der Waals surface area (Å²) in [5, 5.41) is 4.04. The van der Waals surface area contributed by atoms with Gasteiger partial charge in [-0.25, -0.2) is 13.1 Å². The molecule has 7 heteroatoms. The third-order valence-corrected chi connectivity index (χ3v) is 5.79. The van der Waals surface area contributed by atoms with Crippen molar-refractivity contribution in [3.8, 4) is 0 Å². The Morgan fingerprint density at radius 3 is 2.75 bits per heavy atom. The number of benzene rings is 2. The van der Waals surface area contributed by atoms with Crippen LogP contribution in [0.1, 0.15) is 16.8 Å². The molecule has 0 fully saturated rings. The van der Waals surface area contributed by atoms with Gasteiger partial charge in [0, 0.05) is 36.9 Å². The number of aryl methyl sites for hydroxylation is 1. The van der Waals surface area contributed by atoms with E-state index in [1.807, 2.05) is 18.3 Å². The maximum Gasteiger partial charge on any atom is 0.251 e. The predicted octanol–water partition coefficient (Wildman–Crippen LogP) is 2.93. The fourth-order valence-corrected chi connectivity index (χ4v) is 3.99. The number of carbonyl (C=O) groups is 1. The summed E-state index contributed by atoms with van der Waals surface area (Å²) in [6.45, 7) is 4.90. The number of hydrogen-bond acceptors (Lipinski definition) is 3. The van der Waals surface area contributed by atoms with E-state index in [9.17, 15) is 13.2 Å². The molecule has 0 radical (unpaired) electrons. The molecule has 1 heterocycles. The number of nitrogens with zero attached hydrogens (tertiary/aromatic N) is 1. The van der Waals surface area contributed by atoms with Gasteiger partial charge in [0.1, 0.15) is 0 Å². The van der Waals surface area contributed by atoms with E-state index >= 15 is 0 Å². The molecule has 28 heavy (non-hydrogen) atoms. The molecule has 6 nitrogen and oxygen atoms in total. The second-order valence-corrected chi connectivity index (χ2v) is 8.11. The molecular weight excluding hydrogens is 374 g/mol. The van der Waals surface area contributed by atoms with Crippen molar-refractivity contribution in [3.63, 3.8) is 0 Å². The molecule has 0 bridgehead atoms. The molecule has 0 saturated heterocycles. The van der Waals surface area contributed by atoms with Gasteiger partial charge in [0.25, 0.3) is 5.91 Å². The van der Waals surface area contributed by atoms with E-state index in [2.05, 4.69) is 39.4 Å². The summed E-state index contributed by atoms with van der Waals surface area (Å²) in [4.78, 5) is 12.4. The Labute approximate surface area is 164 Å². The average molecular weight is 398 g/mol. The molecule has 146 valence electrons. The zero-order valence-electron chi connectivity index (χ0n) is 15.5. The summed E-state index contributed by atoms with van der Waals surface area (Å²) < 4.78 is 28.9. The van der Waals surface area contributed by atoms with Crippen LogP contribution in [0.25, 0.3) is 10.9 Å². The summed E-state index contributed by atoms with van der Waals surface area (Å²) in [5.41, 5.74) is 1.48. The van der Waals surface area contributed by atoms with Crippen molar-refractivity contribution < 1.29 is 13.2 Å². The fraction of sp³-hybridized carbons (Fsp3) is 0.190. The van der Waals surface area contributed by atoms with Crippen LogP contribution in [0, 0.1) is 0 Å². The number of carbonyl (C=O) groups excluding carboxylic acids is 1. The van der Waals surface area contributed by atoms with Crippen molar-refractivity contribution in [1.82, 2.24) is 14.6 Å². The van der Waals surface area contributed by atoms with Gasteiger partial charge in [0.05, 0.1) is 4.90 Å². The van der Waals surface area contributed by atoms with E-state index in [0.717, 1.165) is 13.0 Å². The van der Waals surface area contributed by atoms with Crippen LogP contribution in [0.5, 0.6) is 0 Å². The molecule has 2 N–H and O–H groups in total. The third kappa shape index (κ3) is 4.68. The van der Waals surface area contributed by atoms with E-state index in [1.165, 1.54) is 29.1 Å². The minimum Gasteiger partial charge on any atom is -0.352 e. The lowest BCUT2D eigenvalue weighted by Crippen LogP contribution is -2.26. The Hall–Kier alpha value is -2.90. The van der Waals surface area contributed by atoms with Crippen molar-refractivity contribution >= 4 is 26.8 Å². The summed E-state index contributed by atoms with van der Waals surface area (Å²) >= 11 is 0. The van der Waals surface area contributed by atoms with Gasteiger partial charge in [-0.3, -0.25) is 4.79 Å². The fourth-order valence-electron chi connectivity index (χ4n) is 2.95. The topological polar surface area (TPSA) is 80.2 Å². The highest BCUT2D eigenvalue weighted by Gasteiger charge is 2.15. The Balaban J connectivity index is 1.56. The van der Waals surface area contributed by atoms with Crippen LogP contribution in [-0.4, -0.2) is 32.0 Å². The van der Waals surface area contributed by atoms with E-state index in [1.54, 1.807) is 12.1 Å². The van der Waals surface area contributed by atoms with Gasteiger partial charge >= 0.3 is 0 Å². The number of aromatic nitrogens is 1. The Kier molecular flexibility index (Phi) is 6.28. The van der Waals surface area contributed by atoms with Crippen molar-refractivity contribution in [2.24, 2.45) is 0 Å². The molecule has 2 aromatic carbocycles. The van der Waals surface area contributed by atoms with Crippen LogP contribution >= 0.6 is 0 Å².